The third kappa shape index (κ3) is 3.15. The molecule has 2 aromatic carbocycles. The lowest BCUT2D eigenvalue weighted by Crippen LogP contribution is -2.41. The minimum Gasteiger partial charge on any atom is -0.340 e. The monoisotopic (exact) mass is 326 g/mol. The fraction of sp³-hybridized carbons (Fsp3) is 0.263. The molecule has 1 heterocycles. The fourth-order valence-corrected chi connectivity index (χ4v) is 3.00. The zero-order chi connectivity index (χ0) is 17.3. The van der Waals surface area contributed by atoms with Crippen LogP contribution in [0.3, 0.4) is 0 Å². The Bertz CT molecular complexity index is 786. The second-order valence-corrected chi connectivity index (χ2v) is 6.10. The predicted octanol–water partition coefficient (Wildman–Crippen LogP) is 2.98. The fourth-order valence-electron chi connectivity index (χ4n) is 3.00. The van der Waals surface area contributed by atoms with E-state index >= 15 is 0 Å². The summed E-state index contributed by atoms with van der Waals surface area (Å²) in [5, 5.41) is 2.81. The van der Waals surface area contributed by atoms with Crippen LogP contribution in [0.25, 0.3) is 0 Å². The van der Waals surface area contributed by atoms with Gasteiger partial charge in [0, 0.05) is 17.8 Å². The van der Waals surface area contributed by atoms with Gasteiger partial charge in [-0.15, -0.1) is 0 Å². The summed E-state index contributed by atoms with van der Waals surface area (Å²) in [6, 6.07) is 10.8. The van der Waals surface area contributed by atoms with Crippen LogP contribution in [-0.4, -0.2) is 24.4 Å². The topological polar surface area (TPSA) is 49.4 Å². The molecule has 3 rings (SSSR count). The molecule has 1 fully saturated rings. The molecule has 5 heteroatoms. The van der Waals surface area contributed by atoms with Crippen molar-refractivity contribution in [1.82, 2.24) is 5.32 Å². The van der Waals surface area contributed by atoms with Crippen molar-refractivity contribution in [3.63, 3.8) is 0 Å². The van der Waals surface area contributed by atoms with E-state index < -0.39 is 6.04 Å². The lowest BCUT2D eigenvalue weighted by atomic mass is 10.0. The zero-order valence-corrected chi connectivity index (χ0v) is 13.7. The van der Waals surface area contributed by atoms with Gasteiger partial charge in [0.05, 0.1) is 0 Å². The van der Waals surface area contributed by atoms with Crippen LogP contribution in [0.1, 0.15) is 27.9 Å². The molecule has 1 N–H and O–H groups in total. The van der Waals surface area contributed by atoms with E-state index in [9.17, 15) is 14.0 Å². The first-order chi connectivity index (χ1) is 11.5. The lowest BCUT2D eigenvalue weighted by molar-refractivity contribution is -0.118. The first-order valence-electron chi connectivity index (χ1n) is 7.91. The third-order valence-electron chi connectivity index (χ3n) is 4.28. The Labute approximate surface area is 140 Å². The number of halogens is 1. The van der Waals surface area contributed by atoms with E-state index in [1.165, 1.54) is 12.1 Å². The smallest absolute Gasteiger partial charge is 0.252 e. The van der Waals surface area contributed by atoms with Gasteiger partial charge in [0.25, 0.3) is 5.91 Å². The second-order valence-electron chi connectivity index (χ2n) is 6.10. The van der Waals surface area contributed by atoms with Gasteiger partial charge in [-0.05, 0) is 56.2 Å². The number of rotatable bonds is 3. The van der Waals surface area contributed by atoms with Crippen molar-refractivity contribution >= 4 is 17.5 Å². The van der Waals surface area contributed by atoms with Crippen molar-refractivity contribution < 1.29 is 14.0 Å². The number of amides is 2. The number of hydrogen-bond donors (Lipinski definition) is 1. The Balaban J connectivity index is 1.71. The minimum atomic E-state index is -0.553. The Hall–Kier alpha value is -2.69. The molecule has 1 aliphatic rings. The minimum absolute atomic E-state index is 0.167. The highest BCUT2D eigenvalue weighted by Gasteiger charge is 2.33. The summed E-state index contributed by atoms with van der Waals surface area (Å²) in [4.78, 5) is 26.5. The number of hydrogen-bond acceptors (Lipinski definition) is 2. The number of benzene rings is 2. The van der Waals surface area contributed by atoms with Crippen molar-refractivity contribution in [2.24, 2.45) is 0 Å². The first-order valence-corrected chi connectivity index (χ1v) is 7.91. The van der Waals surface area contributed by atoms with Crippen molar-refractivity contribution in [2.45, 2.75) is 26.3 Å². The molecule has 0 bridgehead atoms. The number of anilines is 1. The van der Waals surface area contributed by atoms with Gasteiger partial charge in [-0.25, -0.2) is 4.39 Å². The normalized spacial score (nSPS) is 17.2. The van der Waals surface area contributed by atoms with Crippen LogP contribution in [0, 0.1) is 19.7 Å². The van der Waals surface area contributed by atoms with E-state index in [-0.39, 0.29) is 17.6 Å². The first kappa shape index (κ1) is 16.2. The zero-order valence-electron chi connectivity index (χ0n) is 13.7. The highest BCUT2D eigenvalue weighted by atomic mass is 19.1. The molecule has 4 nitrogen and oxygen atoms in total. The highest BCUT2D eigenvalue weighted by Crippen LogP contribution is 2.22. The molecular formula is C19H19FN2O2. The number of nitrogens with zero attached hydrogens (tertiary/aromatic N) is 1. The van der Waals surface area contributed by atoms with Crippen molar-refractivity contribution in [3.8, 4) is 0 Å². The standard InChI is InChI=1S/C19H19FN2O2/c1-12-3-8-16(13(2)11-12)18(23)21-17-9-10-22(19(17)24)15-6-4-14(20)5-7-15/h3-8,11,17H,9-10H2,1-2H3,(H,21,23)/t17-/m1/s1. The molecule has 24 heavy (non-hydrogen) atoms. The molecule has 1 aliphatic heterocycles. The Morgan fingerprint density at radius 1 is 1.17 bits per heavy atom. The number of nitrogens with one attached hydrogen (secondary N) is 1. The van der Waals surface area contributed by atoms with Crippen LogP contribution in [0.2, 0.25) is 0 Å². The summed E-state index contributed by atoms with van der Waals surface area (Å²) in [6.45, 7) is 4.35. The highest BCUT2D eigenvalue weighted by molar-refractivity contribution is 6.04. The van der Waals surface area contributed by atoms with Gasteiger partial charge in [0.1, 0.15) is 11.9 Å². The summed E-state index contributed by atoms with van der Waals surface area (Å²) in [7, 11) is 0. The summed E-state index contributed by atoms with van der Waals surface area (Å²) in [5.41, 5.74) is 3.19. The number of aryl methyl sites for hydroxylation is 2. The second kappa shape index (κ2) is 6.43. The molecule has 0 spiro atoms. The van der Waals surface area contributed by atoms with Gasteiger partial charge in [-0.2, -0.15) is 0 Å². The van der Waals surface area contributed by atoms with Crippen LogP contribution < -0.4 is 10.2 Å². The van der Waals surface area contributed by atoms with Crippen molar-refractivity contribution in [1.29, 1.82) is 0 Å². The molecule has 0 aromatic heterocycles. The predicted molar refractivity (Wildman–Crippen MR) is 90.5 cm³/mol. The van der Waals surface area contributed by atoms with E-state index in [0.717, 1.165) is 11.1 Å². The van der Waals surface area contributed by atoms with Gasteiger partial charge < -0.3 is 10.2 Å². The Morgan fingerprint density at radius 3 is 2.54 bits per heavy atom. The molecule has 124 valence electrons. The molecule has 2 amide bonds. The summed E-state index contributed by atoms with van der Waals surface area (Å²) in [5.74, 6) is -0.753. The lowest BCUT2D eigenvalue weighted by Gasteiger charge is -2.17. The van der Waals surface area contributed by atoms with Gasteiger partial charge in [0.2, 0.25) is 5.91 Å². The maximum Gasteiger partial charge on any atom is 0.252 e. The van der Waals surface area contributed by atoms with E-state index in [1.54, 1.807) is 23.1 Å². The summed E-state index contributed by atoms with van der Waals surface area (Å²) in [6.07, 6.45) is 0.535. The summed E-state index contributed by atoms with van der Waals surface area (Å²) < 4.78 is 13.0. The van der Waals surface area contributed by atoms with Gasteiger partial charge >= 0.3 is 0 Å². The van der Waals surface area contributed by atoms with Crippen LogP contribution in [-0.2, 0) is 4.79 Å². The molecule has 2 aromatic rings. The van der Waals surface area contributed by atoms with Gasteiger partial charge in [-0.1, -0.05) is 17.7 Å². The van der Waals surface area contributed by atoms with Crippen LogP contribution in [0.5, 0.6) is 0 Å². The van der Waals surface area contributed by atoms with E-state index in [4.69, 9.17) is 0 Å². The third-order valence-corrected chi connectivity index (χ3v) is 4.28. The summed E-state index contributed by atoms with van der Waals surface area (Å²) >= 11 is 0. The Morgan fingerprint density at radius 2 is 1.88 bits per heavy atom. The van der Waals surface area contributed by atoms with Gasteiger partial charge in [0.15, 0.2) is 0 Å². The van der Waals surface area contributed by atoms with Crippen LogP contribution in [0.15, 0.2) is 42.5 Å². The van der Waals surface area contributed by atoms with E-state index in [1.807, 2.05) is 26.0 Å². The number of carbonyl (C=O) groups excluding carboxylic acids is 2. The number of carbonyl (C=O) groups is 2. The molecule has 0 unspecified atom stereocenters. The molecule has 1 atom stereocenters. The van der Waals surface area contributed by atoms with Gasteiger partial charge in [-0.3, -0.25) is 9.59 Å². The maximum atomic E-state index is 13.0. The van der Waals surface area contributed by atoms with Crippen molar-refractivity contribution in [2.75, 3.05) is 11.4 Å². The molecule has 0 saturated carbocycles. The van der Waals surface area contributed by atoms with E-state index in [2.05, 4.69) is 5.32 Å². The van der Waals surface area contributed by atoms with Crippen molar-refractivity contribution in [3.05, 3.63) is 65.0 Å². The maximum absolute atomic E-state index is 13.0. The molecule has 0 radical (unpaired) electrons. The quantitative estimate of drug-likeness (QED) is 0.943. The average Bonchev–Trinajstić information content (AvgIpc) is 2.89. The molecular weight excluding hydrogens is 307 g/mol. The molecule has 1 saturated heterocycles. The Kier molecular flexibility index (Phi) is 4.34. The van der Waals surface area contributed by atoms with Crippen LogP contribution >= 0.6 is 0 Å². The largest absolute Gasteiger partial charge is 0.340 e. The average molecular weight is 326 g/mol. The van der Waals surface area contributed by atoms with Crippen LogP contribution in [0.4, 0.5) is 10.1 Å². The van der Waals surface area contributed by atoms with E-state index in [0.29, 0.717) is 24.2 Å². The SMILES string of the molecule is Cc1ccc(C(=O)N[C@@H]2CCN(c3ccc(F)cc3)C2=O)c(C)c1. The molecule has 0 aliphatic carbocycles.